The molecule has 1 amide bonds. The van der Waals surface area contributed by atoms with Crippen LogP contribution in [0.3, 0.4) is 0 Å². The Balaban J connectivity index is 1.88. The van der Waals surface area contributed by atoms with Crippen LogP contribution in [0.15, 0.2) is 59.5 Å². The maximum Gasteiger partial charge on any atom is 0.266 e. The highest BCUT2D eigenvalue weighted by Gasteiger charge is 2.37. The van der Waals surface area contributed by atoms with Crippen LogP contribution < -0.4 is 5.11 Å². The van der Waals surface area contributed by atoms with Gasteiger partial charge in [-0.25, -0.2) is 0 Å². The molecule has 0 bridgehead atoms. The van der Waals surface area contributed by atoms with Gasteiger partial charge in [-0.1, -0.05) is 84.1 Å². The van der Waals surface area contributed by atoms with E-state index in [1.807, 2.05) is 61.5 Å². The van der Waals surface area contributed by atoms with E-state index in [4.69, 9.17) is 12.2 Å². The van der Waals surface area contributed by atoms with Crippen molar-refractivity contribution in [3.63, 3.8) is 0 Å². The van der Waals surface area contributed by atoms with E-state index < -0.39 is 17.9 Å². The number of aliphatic carboxylic acids is 1. The molecule has 0 aliphatic carbocycles. The molecule has 4 nitrogen and oxygen atoms in total. The number of aryl methyl sites for hydroxylation is 1. The van der Waals surface area contributed by atoms with Crippen molar-refractivity contribution < 1.29 is 14.7 Å². The fourth-order valence-electron chi connectivity index (χ4n) is 2.78. The van der Waals surface area contributed by atoms with Gasteiger partial charge in [-0.15, -0.1) is 0 Å². The van der Waals surface area contributed by atoms with Gasteiger partial charge in [0.25, 0.3) is 5.91 Å². The summed E-state index contributed by atoms with van der Waals surface area (Å²) in [5.41, 5.74) is 2.75. The summed E-state index contributed by atoms with van der Waals surface area (Å²) >= 11 is 6.40. The number of hydrogen-bond acceptors (Lipinski definition) is 5. The molecule has 2 aromatic carbocycles. The van der Waals surface area contributed by atoms with Gasteiger partial charge in [-0.2, -0.15) is 0 Å². The van der Waals surface area contributed by atoms with Crippen LogP contribution in [0.25, 0.3) is 6.08 Å². The molecule has 0 radical (unpaired) electrons. The minimum atomic E-state index is -1.32. The Kier molecular flexibility index (Phi) is 5.54. The van der Waals surface area contributed by atoms with Gasteiger partial charge in [0.15, 0.2) is 0 Å². The van der Waals surface area contributed by atoms with Crippen LogP contribution in [0, 0.1) is 6.92 Å². The molecule has 6 heteroatoms. The molecular formula is C20H16NO3S2-. The molecule has 0 saturated carbocycles. The smallest absolute Gasteiger partial charge is 0.266 e. The summed E-state index contributed by atoms with van der Waals surface area (Å²) in [4.78, 5) is 26.1. The lowest BCUT2D eigenvalue weighted by Gasteiger charge is -2.27. The summed E-state index contributed by atoms with van der Waals surface area (Å²) in [5.74, 6) is -1.71. The number of carbonyl (C=O) groups excluding carboxylic acids is 2. The molecule has 0 aromatic heterocycles. The fraction of sp³-hybridized carbons (Fsp3) is 0.150. The van der Waals surface area contributed by atoms with Crippen LogP contribution in [0.4, 0.5) is 0 Å². The Hall–Kier alpha value is -2.44. The third-order valence-electron chi connectivity index (χ3n) is 4.02. The van der Waals surface area contributed by atoms with Crippen molar-refractivity contribution in [3.8, 4) is 0 Å². The standard InChI is InChI=1S/C20H17NO3S2/c1-13-6-5-9-15(10-13)12-17-18(22)21(20(25)26-17)16(19(23)24)11-14-7-3-2-4-8-14/h2-10,12,16H,11H2,1H3,(H,23,24)/p-1/b17-12-/t16-/m1/s1. The van der Waals surface area contributed by atoms with E-state index in [9.17, 15) is 14.7 Å². The van der Waals surface area contributed by atoms with E-state index >= 15 is 0 Å². The largest absolute Gasteiger partial charge is 0.548 e. The van der Waals surface area contributed by atoms with Crippen molar-refractivity contribution in [2.75, 3.05) is 0 Å². The molecule has 1 aliphatic rings. The maximum atomic E-state index is 12.8. The molecule has 1 atom stereocenters. The molecule has 26 heavy (non-hydrogen) atoms. The third kappa shape index (κ3) is 4.03. The average molecular weight is 382 g/mol. The molecule has 1 fully saturated rings. The number of amides is 1. The van der Waals surface area contributed by atoms with E-state index in [1.54, 1.807) is 6.08 Å². The zero-order valence-corrected chi connectivity index (χ0v) is 15.7. The van der Waals surface area contributed by atoms with Gasteiger partial charge in [0.2, 0.25) is 0 Å². The lowest BCUT2D eigenvalue weighted by atomic mass is 10.0. The molecule has 132 valence electrons. The summed E-state index contributed by atoms with van der Waals surface area (Å²) in [5, 5.41) is 11.7. The molecule has 3 rings (SSSR count). The minimum Gasteiger partial charge on any atom is -0.548 e. The average Bonchev–Trinajstić information content (AvgIpc) is 2.87. The van der Waals surface area contributed by atoms with Crippen LogP contribution in [0.2, 0.25) is 0 Å². The maximum absolute atomic E-state index is 12.8. The van der Waals surface area contributed by atoms with Crippen molar-refractivity contribution in [1.82, 2.24) is 4.90 Å². The van der Waals surface area contributed by atoms with Crippen LogP contribution >= 0.6 is 24.0 Å². The number of thioether (sulfide) groups is 1. The molecule has 0 unspecified atom stereocenters. The molecule has 0 N–H and O–H groups in total. The van der Waals surface area contributed by atoms with E-state index in [0.29, 0.717) is 4.91 Å². The van der Waals surface area contributed by atoms with Crippen LogP contribution in [0.1, 0.15) is 16.7 Å². The second-order valence-corrected chi connectivity index (χ2v) is 7.67. The third-order valence-corrected chi connectivity index (χ3v) is 5.35. The van der Waals surface area contributed by atoms with E-state index in [0.717, 1.165) is 33.4 Å². The normalized spacial score (nSPS) is 17.0. The van der Waals surface area contributed by atoms with E-state index in [1.165, 1.54) is 0 Å². The van der Waals surface area contributed by atoms with Crippen molar-refractivity contribution in [2.45, 2.75) is 19.4 Å². The molecular weight excluding hydrogens is 366 g/mol. The van der Waals surface area contributed by atoms with Gasteiger partial charge in [0, 0.05) is 0 Å². The lowest BCUT2D eigenvalue weighted by Crippen LogP contribution is -2.51. The summed E-state index contributed by atoms with van der Waals surface area (Å²) in [6.45, 7) is 1.97. The zero-order chi connectivity index (χ0) is 18.7. The van der Waals surface area contributed by atoms with Gasteiger partial charge in [-0.05, 0) is 30.5 Å². The van der Waals surface area contributed by atoms with Gasteiger partial charge in [-0.3, -0.25) is 9.69 Å². The van der Waals surface area contributed by atoms with Gasteiger partial charge >= 0.3 is 0 Å². The minimum absolute atomic E-state index is 0.146. The Bertz CT molecular complexity index is 893. The highest BCUT2D eigenvalue weighted by Crippen LogP contribution is 2.34. The molecule has 0 spiro atoms. The predicted octanol–water partition coefficient (Wildman–Crippen LogP) is 2.56. The second kappa shape index (κ2) is 7.85. The Labute approximate surface area is 161 Å². The summed E-state index contributed by atoms with van der Waals surface area (Å²) in [6.07, 6.45) is 1.88. The van der Waals surface area contributed by atoms with Crippen LogP contribution in [-0.4, -0.2) is 27.1 Å². The number of carboxylic acids is 1. The second-order valence-electron chi connectivity index (χ2n) is 5.99. The van der Waals surface area contributed by atoms with Crippen molar-refractivity contribution >= 4 is 46.3 Å². The summed E-state index contributed by atoms with van der Waals surface area (Å²) in [7, 11) is 0. The van der Waals surface area contributed by atoms with Crippen molar-refractivity contribution in [3.05, 3.63) is 76.2 Å². The van der Waals surface area contributed by atoms with Crippen LogP contribution in [0.5, 0.6) is 0 Å². The fourth-order valence-corrected chi connectivity index (χ4v) is 4.13. The number of hydrogen-bond donors (Lipinski definition) is 0. The van der Waals surface area contributed by atoms with E-state index in [2.05, 4.69) is 0 Å². The Morgan fingerprint density at radius 3 is 2.62 bits per heavy atom. The first-order valence-electron chi connectivity index (χ1n) is 8.04. The number of thiocarbonyl (C=S) groups is 1. The SMILES string of the molecule is Cc1cccc(/C=C2\SC(=S)N([C@H](Cc3ccccc3)C(=O)[O-])C2=O)c1. The number of carbonyl (C=O) groups is 2. The first-order valence-corrected chi connectivity index (χ1v) is 9.26. The zero-order valence-electron chi connectivity index (χ0n) is 14.0. The number of nitrogens with zero attached hydrogens (tertiary/aromatic N) is 1. The quantitative estimate of drug-likeness (QED) is 0.588. The highest BCUT2D eigenvalue weighted by molar-refractivity contribution is 8.26. The van der Waals surface area contributed by atoms with Gasteiger partial charge in [0.1, 0.15) is 4.32 Å². The van der Waals surface area contributed by atoms with Gasteiger partial charge < -0.3 is 9.90 Å². The van der Waals surface area contributed by atoms with Crippen molar-refractivity contribution in [2.24, 2.45) is 0 Å². The van der Waals surface area contributed by atoms with Gasteiger partial charge in [0.05, 0.1) is 16.9 Å². The van der Waals surface area contributed by atoms with Crippen molar-refractivity contribution in [1.29, 1.82) is 0 Å². The molecule has 1 aliphatic heterocycles. The summed E-state index contributed by atoms with van der Waals surface area (Å²) in [6, 6.07) is 15.7. The van der Waals surface area contributed by atoms with E-state index in [-0.39, 0.29) is 10.7 Å². The topological polar surface area (TPSA) is 60.4 Å². The Morgan fingerprint density at radius 2 is 1.96 bits per heavy atom. The monoisotopic (exact) mass is 382 g/mol. The first-order chi connectivity index (χ1) is 12.5. The summed E-state index contributed by atoms with van der Waals surface area (Å²) < 4.78 is 0.235. The molecule has 1 saturated heterocycles. The number of benzene rings is 2. The lowest BCUT2D eigenvalue weighted by molar-refractivity contribution is -0.310. The molecule has 1 heterocycles. The predicted molar refractivity (Wildman–Crippen MR) is 105 cm³/mol. The number of rotatable bonds is 5. The highest BCUT2D eigenvalue weighted by atomic mass is 32.2. The number of carboxylic acid groups (broad SMARTS) is 1. The van der Waals surface area contributed by atoms with Crippen LogP contribution in [-0.2, 0) is 16.0 Å². The Morgan fingerprint density at radius 1 is 1.23 bits per heavy atom. The first kappa shape index (κ1) is 18.4. The molecule has 2 aromatic rings.